The molecule has 1 aromatic carbocycles. The number of amides is 1. The molecule has 0 aliphatic rings. The van der Waals surface area contributed by atoms with Crippen LogP contribution in [0.5, 0.6) is 0 Å². The molecule has 1 aromatic rings. The summed E-state index contributed by atoms with van der Waals surface area (Å²) in [5, 5.41) is 11.4. The molecule has 0 saturated heterocycles. The highest BCUT2D eigenvalue weighted by Gasteiger charge is 2.06. The van der Waals surface area contributed by atoms with Crippen LogP contribution in [0.3, 0.4) is 0 Å². The van der Waals surface area contributed by atoms with Gasteiger partial charge in [-0.15, -0.1) is 0 Å². The number of anilines is 1. The molecule has 4 N–H and O–H groups in total. The van der Waals surface area contributed by atoms with Gasteiger partial charge in [-0.25, -0.2) is 0 Å². The Labute approximate surface area is 103 Å². The van der Waals surface area contributed by atoms with E-state index in [1.807, 2.05) is 0 Å². The maximum Gasteiger partial charge on any atom is 0.251 e. The van der Waals surface area contributed by atoms with Crippen LogP contribution in [0.15, 0.2) is 22.7 Å². The third-order valence-electron chi connectivity index (χ3n) is 2.13. The molecule has 5 heteroatoms. The van der Waals surface area contributed by atoms with E-state index in [2.05, 4.69) is 21.2 Å². The van der Waals surface area contributed by atoms with Gasteiger partial charge in [0.2, 0.25) is 0 Å². The van der Waals surface area contributed by atoms with Crippen LogP contribution in [0.2, 0.25) is 0 Å². The van der Waals surface area contributed by atoms with Gasteiger partial charge in [0.15, 0.2) is 0 Å². The lowest BCUT2D eigenvalue weighted by Crippen LogP contribution is -2.24. The molecule has 0 aliphatic carbocycles. The average Bonchev–Trinajstić information content (AvgIpc) is 2.28. The van der Waals surface area contributed by atoms with Crippen molar-refractivity contribution in [1.82, 2.24) is 5.32 Å². The van der Waals surface area contributed by atoms with Crippen LogP contribution in [0.25, 0.3) is 0 Å². The Bertz CT molecular complexity index is 369. The summed E-state index contributed by atoms with van der Waals surface area (Å²) in [7, 11) is 0. The predicted octanol–water partition coefficient (Wildman–Crippen LogP) is 1.53. The topological polar surface area (TPSA) is 75.4 Å². The molecular weight excluding hydrogens is 272 g/mol. The quantitative estimate of drug-likeness (QED) is 0.568. The average molecular weight is 287 g/mol. The third kappa shape index (κ3) is 3.83. The fourth-order valence-electron chi connectivity index (χ4n) is 1.21. The van der Waals surface area contributed by atoms with Gasteiger partial charge in [0, 0.05) is 28.9 Å². The molecule has 0 heterocycles. The first-order chi connectivity index (χ1) is 7.65. The van der Waals surface area contributed by atoms with E-state index in [-0.39, 0.29) is 12.5 Å². The molecule has 16 heavy (non-hydrogen) atoms. The summed E-state index contributed by atoms with van der Waals surface area (Å²) in [5.41, 5.74) is 6.80. The maximum atomic E-state index is 11.6. The number of aliphatic hydroxyl groups excluding tert-OH is 1. The number of hydrogen-bond donors (Lipinski definition) is 3. The standard InChI is InChI=1S/C11H15BrN2O2/c12-9-7-8(3-4-10(9)13)11(16)14-5-1-2-6-15/h3-4,7,15H,1-2,5-6,13H2,(H,14,16). The van der Waals surface area contributed by atoms with Crippen molar-refractivity contribution in [2.75, 3.05) is 18.9 Å². The number of nitrogens with one attached hydrogen (secondary N) is 1. The molecule has 0 bridgehead atoms. The van der Waals surface area contributed by atoms with Crippen molar-refractivity contribution < 1.29 is 9.90 Å². The van der Waals surface area contributed by atoms with E-state index in [0.29, 0.717) is 24.2 Å². The van der Waals surface area contributed by atoms with E-state index >= 15 is 0 Å². The minimum atomic E-state index is -0.126. The molecule has 1 amide bonds. The van der Waals surface area contributed by atoms with E-state index in [4.69, 9.17) is 10.8 Å². The van der Waals surface area contributed by atoms with Gasteiger partial charge in [0.25, 0.3) is 5.91 Å². The smallest absolute Gasteiger partial charge is 0.251 e. The minimum Gasteiger partial charge on any atom is -0.398 e. The highest BCUT2D eigenvalue weighted by molar-refractivity contribution is 9.10. The number of nitrogens with two attached hydrogens (primary N) is 1. The maximum absolute atomic E-state index is 11.6. The van der Waals surface area contributed by atoms with Crippen molar-refractivity contribution in [1.29, 1.82) is 0 Å². The van der Waals surface area contributed by atoms with E-state index in [9.17, 15) is 4.79 Å². The summed E-state index contributed by atoms with van der Waals surface area (Å²) < 4.78 is 0.718. The number of aliphatic hydroxyl groups is 1. The molecule has 0 radical (unpaired) electrons. The van der Waals surface area contributed by atoms with Gasteiger partial charge in [0.1, 0.15) is 0 Å². The molecule has 0 saturated carbocycles. The van der Waals surface area contributed by atoms with Gasteiger partial charge in [0.05, 0.1) is 0 Å². The number of carbonyl (C=O) groups is 1. The predicted molar refractivity (Wildman–Crippen MR) is 67.2 cm³/mol. The molecule has 1 rings (SSSR count). The molecule has 88 valence electrons. The number of halogens is 1. The van der Waals surface area contributed by atoms with Crippen LogP contribution in [-0.2, 0) is 0 Å². The number of hydrogen-bond acceptors (Lipinski definition) is 3. The Morgan fingerprint density at radius 2 is 2.19 bits per heavy atom. The summed E-state index contributed by atoms with van der Waals surface area (Å²) >= 11 is 3.27. The van der Waals surface area contributed by atoms with Crippen molar-refractivity contribution >= 4 is 27.5 Å². The Morgan fingerprint density at radius 3 is 2.81 bits per heavy atom. The molecule has 0 spiro atoms. The van der Waals surface area contributed by atoms with Crippen molar-refractivity contribution in [3.63, 3.8) is 0 Å². The Kier molecular flexibility index (Phi) is 5.28. The van der Waals surface area contributed by atoms with Gasteiger partial charge in [-0.3, -0.25) is 4.79 Å². The van der Waals surface area contributed by atoms with Gasteiger partial charge in [-0.2, -0.15) is 0 Å². The largest absolute Gasteiger partial charge is 0.398 e. The molecular formula is C11H15BrN2O2. The fraction of sp³-hybridized carbons (Fsp3) is 0.364. The van der Waals surface area contributed by atoms with Crippen molar-refractivity contribution in [2.24, 2.45) is 0 Å². The monoisotopic (exact) mass is 286 g/mol. The molecule has 0 aromatic heterocycles. The SMILES string of the molecule is Nc1ccc(C(=O)NCCCCO)cc1Br. The van der Waals surface area contributed by atoms with Crippen LogP contribution in [0.1, 0.15) is 23.2 Å². The molecule has 0 aliphatic heterocycles. The summed E-state index contributed by atoms with van der Waals surface area (Å²) in [6.45, 7) is 0.727. The Balaban J connectivity index is 2.50. The summed E-state index contributed by atoms with van der Waals surface area (Å²) in [5.74, 6) is -0.126. The van der Waals surface area contributed by atoms with E-state index < -0.39 is 0 Å². The van der Waals surface area contributed by atoms with Gasteiger partial charge >= 0.3 is 0 Å². The minimum absolute atomic E-state index is 0.126. The summed E-state index contributed by atoms with van der Waals surface area (Å²) in [4.78, 5) is 11.6. The molecule has 0 fully saturated rings. The van der Waals surface area contributed by atoms with Crippen LogP contribution in [-0.4, -0.2) is 24.2 Å². The zero-order chi connectivity index (χ0) is 12.0. The number of unbranched alkanes of at least 4 members (excludes halogenated alkanes) is 1. The van der Waals surface area contributed by atoms with Gasteiger partial charge in [-0.05, 0) is 47.0 Å². The van der Waals surface area contributed by atoms with Crippen molar-refractivity contribution in [3.05, 3.63) is 28.2 Å². The number of carbonyl (C=O) groups excluding carboxylic acids is 1. The highest BCUT2D eigenvalue weighted by Crippen LogP contribution is 2.20. The number of benzene rings is 1. The zero-order valence-electron chi connectivity index (χ0n) is 8.87. The van der Waals surface area contributed by atoms with Crippen molar-refractivity contribution in [3.8, 4) is 0 Å². The van der Waals surface area contributed by atoms with E-state index in [1.165, 1.54) is 0 Å². The Morgan fingerprint density at radius 1 is 1.44 bits per heavy atom. The first-order valence-corrected chi connectivity index (χ1v) is 5.88. The zero-order valence-corrected chi connectivity index (χ0v) is 10.5. The number of rotatable bonds is 5. The third-order valence-corrected chi connectivity index (χ3v) is 2.82. The molecule has 0 unspecified atom stereocenters. The van der Waals surface area contributed by atoms with Crippen molar-refractivity contribution in [2.45, 2.75) is 12.8 Å². The number of nitrogen functional groups attached to an aromatic ring is 1. The van der Waals surface area contributed by atoms with E-state index in [0.717, 1.165) is 10.9 Å². The lowest BCUT2D eigenvalue weighted by Gasteiger charge is -2.06. The van der Waals surface area contributed by atoms with Gasteiger partial charge < -0.3 is 16.2 Å². The van der Waals surface area contributed by atoms with Crippen LogP contribution < -0.4 is 11.1 Å². The first kappa shape index (κ1) is 13.0. The lowest BCUT2D eigenvalue weighted by atomic mass is 10.2. The molecule has 4 nitrogen and oxygen atoms in total. The van der Waals surface area contributed by atoms with Gasteiger partial charge in [-0.1, -0.05) is 0 Å². The fourth-order valence-corrected chi connectivity index (χ4v) is 1.59. The van der Waals surface area contributed by atoms with Crippen LogP contribution >= 0.6 is 15.9 Å². The normalized spacial score (nSPS) is 10.1. The summed E-state index contributed by atoms with van der Waals surface area (Å²) in [6.07, 6.45) is 1.48. The Hall–Kier alpha value is -1.07. The second kappa shape index (κ2) is 6.50. The lowest BCUT2D eigenvalue weighted by molar-refractivity contribution is 0.0952. The summed E-state index contributed by atoms with van der Waals surface area (Å²) in [6, 6.07) is 5.06. The molecule has 0 atom stereocenters. The second-order valence-electron chi connectivity index (χ2n) is 3.42. The highest BCUT2D eigenvalue weighted by atomic mass is 79.9. The second-order valence-corrected chi connectivity index (χ2v) is 4.28. The van der Waals surface area contributed by atoms with Crippen LogP contribution in [0.4, 0.5) is 5.69 Å². The van der Waals surface area contributed by atoms with E-state index in [1.54, 1.807) is 18.2 Å². The van der Waals surface area contributed by atoms with Crippen LogP contribution in [0, 0.1) is 0 Å². The first-order valence-electron chi connectivity index (χ1n) is 5.09.